The molecule has 1 aliphatic heterocycles. The van der Waals surface area contributed by atoms with Crippen LogP contribution in [0.25, 0.3) is 0 Å². The Hall–Kier alpha value is -1.31. The Balaban J connectivity index is 2.55. The summed E-state index contributed by atoms with van der Waals surface area (Å²) in [5.41, 5.74) is 5.09. The van der Waals surface area contributed by atoms with Gasteiger partial charge in [-0.05, 0) is 49.8 Å². The molecular formula is C17H24O2. The lowest BCUT2D eigenvalue weighted by molar-refractivity contribution is -0.107. The van der Waals surface area contributed by atoms with E-state index in [9.17, 15) is 4.79 Å². The number of ether oxygens (including phenoxy) is 1. The quantitative estimate of drug-likeness (QED) is 0.766. The molecule has 0 unspecified atom stereocenters. The number of hydrogen-bond acceptors (Lipinski definition) is 2. The van der Waals surface area contributed by atoms with Crippen LogP contribution < -0.4 is 4.74 Å². The Kier molecular flexibility index (Phi) is 3.71. The van der Waals surface area contributed by atoms with Crippen LogP contribution in [0.2, 0.25) is 0 Å². The van der Waals surface area contributed by atoms with Crippen LogP contribution in [0.15, 0.2) is 6.07 Å². The zero-order valence-electron chi connectivity index (χ0n) is 12.7. The number of benzene rings is 1. The predicted octanol–water partition coefficient (Wildman–Crippen LogP) is 3.96. The highest BCUT2D eigenvalue weighted by Crippen LogP contribution is 2.43. The molecule has 0 radical (unpaired) electrons. The maximum Gasteiger partial charge on any atom is 0.127 e. The Morgan fingerprint density at radius 2 is 2.11 bits per heavy atom. The first kappa shape index (κ1) is 14.1. The van der Waals surface area contributed by atoms with Gasteiger partial charge in [-0.15, -0.1) is 0 Å². The Labute approximate surface area is 116 Å². The van der Waals surface area contributed by atoms with Gasteiger partial charge in [0, 0.05) is 18.4 Å². The van der Waals surface area contributed by atoms with Crippen LogP contribution in [0.1, 0.15) is 62.3 Å². The number of fused-ring (bicyclic) bond motifs is 1. The second-order valence-corrected chi connectivity index (χ2v) is 6.47. The summed E-state index contributed by atoms with van der Waals surface area (Å²) in [5.74, 6) is 1.51. The smallest absolute Gasteiger partial charge is 0.127 e. The van der Waals surface area contributed by atoms with Crippen LogP contribution >= 0.6 is 0 Å². The fourth-order valence-corrected chi connectivity index (χ4v) is 2.96. The van der Waals surface area contributed by atoms with Gasteiger partial charge in [-0.3, -0.25) is 0 Å². The lowest BCUT2D eigenvalue weighted by Gasteiger charge is -2.20. The molecule has 0 spiro atoms. The van der Waals surface area contributed by atoms with Gasteiger partial charge in [0.05, 0.1) is 0 Å². The molecule has 0 aromatic heterocycles. The molecule has 1 heterocycles. The van der Waals surface area contributed by atoms with Crippen LogP contribution in [-0.2, 0) is 17.6 Å². The molecule has 2 nitrogen and oxygen atoms in total. The summed E-state index contributed by atoms with van der Waals surface area (Å²) < 4.78 is 6.18. The number of carbonyl (C=O) groups excluding carboxylic acids is 1. The van der Waals surface area contributed by atoms with Crippen LogP contribution in [0.4, 0.5) is 0 Å². The van der Waals surface area contributed by atoms with E-state index in [4.69, 9.17) is 4.74 Å². The van der Waals surface area contributed by atoms with Crippen LogP contribution in [0.3, 0.4) is 0 Å². The van der Waals surface area contributed by atoms with Gasteiger partial charge in [0.25, 0.3) is 0 Å². The molecule has 1 aromatic rings. The minimum absolute atomic E-state index is 0.126. The maximum atomic E-state index is 10.7. The van der Waals surface area contributed by atoms with E-state index in [0.717, 1.165) is 24.9 Å². The number of rotatable bonds is 4. The SMILES string of the molecule is Cc1cc(C(C)C)c(CCC=O)c2c1CC(C)(C)O2. The summed E-state index contributed by atoms with van der Waals surface area (Å²) in [4.78, 5) is 10.7. The average Bonchev–Trinajstić information content (AvgIpc) is 2.64. The van der Waals surface area contributed by atoms with Crippen molar-refractivity contribution in [2.45, 2.75) is 65.4 Å². The van der Waals surface area contributed by atoms with Gasteiger partial charge in [-0.25, -0.2) is 0 Å². The Morgan fingerprint density at radius 1 is 1.42 bits per heavy atom. The largest absolute Gasteiger partial charge is 0.487 e. The van der Waals surface area contributed by atoms with E-state index in [0.29, 0.717) is 12.3 Å². The number of hydrogen-bond donors (Lipinski definition) is 0. The van der Waals surface area contributed by atoms with E-state index in [1.54, 1.807) is 0 Å². The van der Waals surface area contributed by atoms with Gasteiger partial charge in [0.2, 0.25) is 0 Å². The lowest BCUT2D eigenvalue weighted by Crippen LogP contribution is -2.25. The molecule has 2 rings (SSSR count). The number of aldehydes is 1. The van der Waals surface area contributed by atoms with Crippen molar-refractivity contribution in [1.29, 1.82) is 0 Å². The van der Waals surface area contributed by atoms with E-state index >= 15 is 0 Å². The third-order valence-electron chi connectivity index (χ3n) is 3.86. The second kappa shape index (κ2) is 4.99. The normalized spacial score (nSPS) is 16.3. The van der Waals surface area contributed by atoms with Crippen LogP contribution in [-0.4, -0.2) is 11.9 Å². The molecule has 0 saturated carbocycles. The zero-order chi connectivity index (χ0) is 14.2. The number of carbonyl (C=O) groups is 1. The van der Waals surface area contributed by atoms with Crippen molar-refractivity contribution >= 4 is 6.29 Å². The standard InChI is InChI=1S/C17H24O2/c1-11(2)14-9-12(3)15-10-17(4,5)19-16(15)13(14)7-6-8-18/h8-9,11H,6-7,10H2,1-5H3. The second-order valence-electron chi connectivity index (χ2n) is 6.47. The summed E-state index contributed by atoms with van der Waals surface area (Å²) in [6.07, 6.45) is 3.31. The van der Waals surface area contributed by atoms with Crippen molar-refractivity contribution in [1.82, 2.24) is 0 Å². The topological polar surface area (TPSA) is 26.3 Å². The minimum Gasteiger partial charge on any atom is -0.487 e. The first-order valence-electron chi connectivity index (χ1n) is 7.13. The molecule has 2 heteroatoms. The van der Waals surface area contributed by atoms with Crippen molar-refractivity contribution in [2.24, 2.45) is 0 Å². The average molecular weight is 260 g/mol. The highest BCUT2D eigenvalue weighted by atomic mass is 16.5. The molecule has 19 heavy (non-hydrogen) atoms. The fraction of sp³-hybridized carbons (Fsp3) is 0.588. The molecule has 0 amide bonds. The van der Waals surface area contributed by atoms with E-state index in [2.05, 4.69) is 40.7 Å². The van der Waals surface area contributed by atoms with Crippen LogP contribution in [0.5, 0.6) is 5.75 Å². The number of aryl methyl sites for hydroxylation is 1. The summed E-state index contributed by atoms with van der Waals surface area (Å²) in [7, 11) is 0. The maximum absolute atomic E-state index is 10.7. The third-order valence-corrected chi connectivity index (χ3v) is 3.86. The molecule has 0 bridgehead atoms. The summed E-state index contributed by atoms with van der Waals surface area (Å²) in [6, 6.07) is 2.29. The molecule has 0 aliphatic carbocycles. The minimum atomic E-state index is -0.126. The van der Waals surface area contributed by atoms with Gasteiger partial charge in [-0.2, -0.15) is 0 Å². The van der Waals surface area contributed by atoms with Crippen molar-refractivity contribution < 1.29 is 9.53 Å². The molecular weight excluding hydrogens is 236 g/mol. The van der Waals surface area contributed by atoms with Gasteiger partial charge in [0.15, 0.2) is 0 Å². The molecule has 0 fully saturated rings. The summed E-state index contributed by atoms with van der Waals surface area (Å²) >= 11 is 0. The van der Waals surface area contributed by atoms with Crippen molar-refractivity contribution in [3.8, 4) is 5.75 Å². The first-order chi connectivity index (χ1) is 8.85. The van der Waals surface area contributed by atoms with E-state index < -0.39 is 0 Å². The highest BCUT2D eigenvalue weighted by Gasteiger charge is 2.34. The van der Waals surface area contributed by atoms with E-state index in [1.807, 2.05) is 0 Å². The van der Waals surface area contributed by atoms with Gasteiger partial charge >= 0.3 is 0 Å². The van der Waals surface area contributed by atoms with Gasteiger partial charge in [0.1, 0.15) is 17.6 Å². The highest BCUT2D eigenvalue weighted by molar-refractivity contribution is 5.57. The van der Waals surface area contributed by atoms with Crippen LogP contribution in [0, 0.1) is 6.92 Å². The monoisotopic (exact) mass is 260 g/mol. The molecule has 0 atom stereocenters. The van der Waals surface area contributed by atoms with Gasteiger partial charge in [-0.1, -0.05) is 19.9 Å². The lowest BCUT2D eigenvalue weighted by atomic mass is 9.88. The summed E-state index contributed by atoms with van der Waals surface area (Å²) in [6.45, 7) is 10.8. The Bertz CT molecular complexity index is 498. The van der Waals surface area contributed by atoms with Gasteiger partial charge < -0.3 is 9.53 Å². The first-order valence-corrected chi connectivity index (χ1v) is 7.13. The summed E-state index contributed by atoms with van der Waals surface area (Å²) in [5, 5.41) is 0. The Morgan fingerprint density at radius 3 is 2.68 bits per heavy atom. The van der Waals surface area contributed by atoms with Crippen molar-refractivity contribution in [2.75, 3.05) is 0 Å². The van der Waals surface area contributed by atoms with Crippen molar-refractivity contribution in [3.05, 3.63) is 28.3 Å². The molecule has 104 valence electrons. The molecule has 0 N–H and O–H groups in total. The van der Waals surface area contributed by atoms with Crippen molar-refractivity contribution in [3.63, 3.8) is 0 Å². The zero-order valence-corrected chi connectivity index (χ0v) is 12.7. The van der Waals surface area contributed by atoms with E-state index in [1.165, 1.54) is 22.3 Å². The predicted molar refractivity (Wildman–Crippen MR) is 78.1 cm³/mol. The van der Waals surface area contributed by atoms with E-state index in [-0.39, 0.29) is 5.60 Å². The molecule has 1 aromatic carbocycles. The third kappa shape index (κ3) is 2.68. The fourth-order valence-electron chi connectivity index (χ4n) is 2.96. The molecule has 1 aliphatic rings. The molecule has 0 saturated heterocycles.